The van der Waals surface area contributed by atoms with Gasteiger partial charge in [-0.05, 0) is 32.3 Å². The van der Waals surface area contributed by atoms with Crippen molar-refractivity contribution in [2.75, 3.05) is 11.4 Å². The zero-order chi connectivity index (χ0) is 20.0. The molecule has 0 saturated heterocycles. The maximum Gasteiger partial charge on any atom is 0.276 e. The minimum absolute atomic E-state index is 0.0711. The number of benzene rings is 1. The maximum atomic E-state index is 15.0. The van der Waals surface area contributed by atoms with E-state index >= 15 is 0 Å². The van der Waals surface area contributed by atoms with E-state index in [-0.39, 0.29) is 40.0 Å². The molecule has 8 heteroatoms. The van der Waals surface area contributed by atoms with Crippen LogP contribution in [0.3, 0.4) is 0 Å². The molecule has 0 N–H and O–H groups in total. The van der Waals surface area contributed by atoms with Crippen molar-refractivity contribution in [2.45, 2.75) is 45.4 Å². The quantitative estimate of drug-likeness (QED) is 0.733. The van der Waals surface area contributed by atoms with Crippen molar-refractivity contribution in [1.82, 2.24) is 9.36 Å². The molecule has 1 amide bonds. The van der Waals surface area contributed by atoms with Gasteiger partial charge in [-0.2, -0.15) is 0 Å². The fourth-order valence-electron chi connectivity index (χ4n) is 3.87. The Labute approximate surface area is 166 Å². The molecule has 148 valence electrons. The van der Waals surface area contributed by atoms with Crippen LogP contribution in [0.1, 0.15) is 26.2 Å². The van der Waals surface area contributed by atoms with Crippen LogP contribution in [0.5, 0.6) is 5.75 Å². The molecule has 3 heterocycles. The van der Waals surface area contributed by atoms with Crippen LogP contribution in [0.15, 0.2) is 29.6 Å². The lowest BCUT2D eigenvalue weighted by atomic mass is 10.0. The maximum absolute atomic E-state index is 15.0. The topological polar surface area (TPSA) is 56.5 Å². The van der Waals surface area contributed by atoms with E-state index in [2.05, 4.69) is 6.58 Å². The lowest BCUT2D eigenvalue weighted by Gasteiger charge is -2.32. The van der Waals surface area contributed by atoms with Crippen molar-refractivity contribution >= 4 is 23.2 Å². The molecule has 0 radical (unpaired) electrons. The summed E-state index contributed by atoms with van der Waals surface area (Å²) in [6.45, 7) is 6.71. The van der Waals surface area contributed by atoms with Gasteiger partial charge in [-0.15, -0.1) is 6.58 Å². The second kappa shape index (κ2) is 7.13. The highest BCUT2D eigenvalue weighted by Gasteiger charge is 2.33. The van der Waals surface area contributed by atoms with E-state index in [1.54, 1.807) is 22.4 Å². The van der Waals surface area contributed by atoms with Crippen molar-refractivity contribution in [2.24, 2.45) is 0 Å². The highest BCUT2D eigenvalue weighted by atomic mass is 35.5. The van der Waals surface area contributed by atoms with Gasteiger partial charge in [-0.25, -0.2) is 9.07 Å². The highest BCUT2D eigenvalue weighted by molar-refractivity contribution is 6.32. The zero-order valence-electron chi connectivity index (χ0n) is 15.6. The Bertz CT molecular complexity index is 1030. The number of anilines is 1. The average molecular weight is 406 g/mol. The van der Waals surface area contributed by atoms with Gasteiger partial charge in [0.05, 0.1) is 11.3 Å². The first-order valence-corrected chi connectivity index (χ1v) is 9.73. The van der Waals surface area contributed by atoms with Gasteiger partial charge in [-0.1, -0.05) is 17.7 Å². The summed E-state index contributed by atoms with van der Waals surface area (Å²) in [7, 11) is 0. The number of nitrogens with zero attached hydrogens (tertiary/aromatic N) is 3. The lowest BCUT2D eigenvalue weighted by Crippen LogP contribution is -2.44. The Morgan fingerprint density at radius 3 is 2.68 bits per heavy atom. The number of carbonyl (C=O) groups is 1. The van der Waals surface area contributed by atoms with Gasteiger partial charge in [0.25, 0.3) is 11.5 Å². The van der Waals surface area contributed by atoms with Crippen molar-refractivity contribution < 1.29 is 13.9 Å². The standard InChI is InChI=1S/C20H21ClFN3O3/c1-3-7-23-15-10-13(14(22)11-16(15)28-12(2)19(23)26)17-18(21)24-8-5-4-6-9-25(24)20(17)27/h3,10-12H,1,4-9H2,2H3/t12-/m1/s1. The van der Waals surface area contributed by atoms with E-state index in [0.717, 1.165) is 19.3 Å². The number of hydrogen-bond acceptors (Lipinski definition) is 3. The summed E-state index contributed by atoms with van der Waals surface area (Å²) in [5.74, 6) is -0.605. The molecular weight excluding hydrogens is 385 g/mol. The molecule has 2 aliphatic rings. The number of halogens is 2. The Morgan fingerprint density at radius 2 is 1.96 bits per heavy atom. The Morgan fingerprint density at radius 1 is 1.25 bits per heavy atom. The predicted octanol–water partition coefficient (Wildman–Crippen LogP) is 3.59. The smallest absolute Gasteiger partial charge is 0.276 e. The number of amides is 1. The molecule has 0 fully saturated rings. The second-order valence-electron chi connectivity index (χ2n) is 7.08. The van der Waals surface area contributed by atoms with Crippen molar-refractivity contribution in [3.8, 4) is 16.9 Å². The number of rotatable bonds is 3. The minimum Gasteiger partial charge on any atom is -0.479 e. The Kier molecular flexibility index (Phi) is 4.79. The SMILES string of the molecule is C=CCN1C(=O)[C@@H](C)Oc2cc(F)c(-c3c(Cl)n4n(c3=O)CCCCC4)cc21. The molecule has 0 unspecified atom stereocenters. The molecule has 2 aromatic rings. The third kappa shape index (κ3) is 2.85. The minimum atomic E-state index is -0.725. The fourth-order valence-corrected chi connectivity index (χ4v) is 4.22. The largest absolute Gasteiger partial charge is 0.479 e. The number of ether oxygens (including phenoxy) is 1. The van der Waals surface area contributed by atoms with E-state index in [4.69, 9.17) is 16.3 Å². The molecule has 1 aromatic carbocycles. The van der Waals surface area contributed by atoms with Gasteiger partial charge >= 0.3 is 0 Å². The van der Waals surface area contributed by atoms with Gasteiger partial charge in [0.1, 0.15) is 16.7 Å². The van der Waals surface area contributed by atoms with Crippen LogP contribution in [-0.2, 0) is 17.9 Å². The molecule has 0 bridgehead atoms. The molecule has 2 aliphatic heterocycles. The van der Waals surface area contributed by atoms with Crippen LogP contribution in [0, 0.1) is 5.82 Å². The predicted molar refractivity (Wildman–Crippen MR) is 106 cm³/mol. The van der Waals surface area contributed by atoms with Crippen LogP contribution in [0.25, 0.3) is 11.1 Å². The highest BCUT2D eigenvalue weighted by Crippen LogP contribution is 2.40. The van der Waals surface area contributed by atoms with E-state index in [1.165, 1.54) is 17.0 Å². The molecule has 0 aliphatic carbocycles. The molecule has 1 atom stereocenters. The van der Waals surface area contributed by atoms with E-state index < -0.39 is 11.9 Å². The average Bonchev–Trinajstić information content (AvgIpc) is 2.84. The summed E-state index contributed by atoms with van der Waals surface area (Å²) in [6.07, 6.45) is 3.66. The Hall–Kier alpha value is -2.54. The number of aromatic nitrogens is 2. The van der Waals surface area contributed by atoms with Crippen LogP contribution in [0.4, 0.5) is 10.1 Å². The number of carbonyl (C=O) groups excluding carboxylic acids is 1. The lowest BCUT2D eigenvalue weighted by molar-refractivity contribution is -0.125. The third-order valence-corrected chi connectivity index (χ3v) is 5.63. The van der Waals surface area contributed by atoms with Crippen LogP contribution in [0.2, 0.25) is 5.15 Å². The van der Waals surface area contributed by atoms with Crippen molar-refractivity contribution in [3.05, 3.63) is 46.1 Å². The first-order chi connectivity index (χ1) is 13.4. The first-order valence-electron chi connectivity index (χ1n) is 9.36. The zero-order valence-corrected chi connectivity index (χ0v) is 16.3. The summed E-state index contributed by atoms with van der Waals surface area (Å²) < 4.78 is 23.8. The summed E-state index contributed by atoms with van der Waals surface area (Å²) >= 11 is 6.51. The molecule has 28 heavy (non-hydrogen) atoms. The number of fused-ring (bicyclic) bond motifs is 2. The summed E-state index contributed by atoms with van der Waals surface area (Å²) in [5.41, 5.74) is 0.272. The van der Waals surface area contributed by atoms with Gasteiger partial charge in [0.15, 0.2) is 6.10 Å². The molecule has 0 spiro atoms. The molecular formula is C20H21ClFN3O3. The van der Waals surface area contributed by atoms with E-state index in [1.807, 2.05) is 0 Å². The second-order valence-corrected chi connectivity index (χ2v) is 7.43. The van der Waals surface area contributed by atoms with Gasteiger partial charge in [-0.3, -0.25) is 14.3 Å². The molecule has 4 rings (SSSR count). The summed E-state index contributed by atoms with van der Waals surface area (Å²) in [4.78, 5) is 27.0. The Balaban J connectivity index is 1.90. The summed E-state index contributed by atoms with van der Waals surface area (Å²) in [6, 6.07) is 2.69. The van der Waals surface area contributed by atoms with Crippen LogP contribution >= 0.6 is 11.6 Å². The third-order valence-electron chi connectivity index (χ3n) is 5.25. The molecule has 0 saturated carbocycles. The van der Waals surface area contributed by atoms with Crippen LogP contribution in [-0.4, -0.2) is 27.9 Å². The summed E-state index contributed by atoms with van der Waals surface area (Å²) in [5, 5.41) is 0.220. The van der Waals surface area contributed by atoms with E-state index in [9.17, 15) is 14.0 Å². The van der Waals surface area contributed by atoms with Crippen LogP contribution < -0.4 is 15.2 Å². The number of hydrogen-bond donors (Lipinski definition) is 0. The molecule has 1 aromatic heterocycles. The van der Waals surface area contributed by atoms with Crippen molar-refractivity contribution in [1.29, 1.82) is 0 Å². The monoisotopic (exact) mass is 405 g/mol. The van der Waals surface area contributed by atoms with Gasteiger partial charge in [0.2, 0.25) is 0 Å². The van der Waals surface area contributed by atoms with Crippen molar-refractivity contribution in [3.63, 3.8) is 0 Å². The van der Waals surface area contributed by atoms with E-state index in [0.29, 0.717) is 18.8 Å². The van der Waals surface area contributed by atoms with Gasteiger partial charge < -0.3 is 9.64 Å². The van der Waals surface area contributed by atoms with Gasteiger partial charge in [0, 0.05) is 31.3 Å². The first kappa shape index (κ1) is 18.8. The normalized spacial score (nSPS) is 18.9. The molecule has 6 nitrogen and oxygen atoms in total. The fraction of sp³-hybridized carbons (Fsp3) is 0.400.